The minimum atomic E-state index is -0.230. The first-order chi connectivity index (χ1) is 14.6. The van der Waals surface area contributed by atoms with Gasteiger partial charge in [-0.25, -0.2) is 0 Å². The Balaban J connectivity index is 1.69. The molecule has 1 heterocycles. The maximum atomic E-state index is 12.3. The topological polar surface area (TPSA) is 92.5 Å². The molecule has 0 aliphatic heterocycles. The van der Waals surface area contributed by atoms with E-state index in [4.69, 9.17) is 9.47 Å². The number of ether oxygens (including phenoxy) is 2. The second kappa shape index (κ2) is 10.5. The van der Waals surface area contributed by atoms with Gasteiger partial charge in [-0.1, -0.05) is 18.2 Å². The largest absolute Gasteiger partial charge is 0.497 e. The molecule has 7 heteroatoms. The number of methoxy groups -OCH3 is 2. The van der Waals surface area contributed by atoms with Crippen LogP contribution >= 0.6 is 0 Å². The fraction of sp³-hybridized carbons (Fsp3) is 0.304. The molecule has 0 aliphatic rings. The predicted octanol–water partition coefficient (Wildman–Crippen LogP) is 2.65. The van der Waals surface area contributed by atoms with Crippen molar-refractivity contribution in [2.24, 2.45) is 0 Å². The number of H-pyrrole nitrogens is 1. The maximum Gasteiger partial charge on any atom is 0.239 e. The Hall–Kier alpha value is -3.32. The average molecular weight is 409 g/mol. The predicted molar refractivity (Wildman–Crippen MR) is 117 cm³/mol. The normalized spacial score (nSPS) is 10.7. The molecule has 0 saturated heterocycles. The third-order valence-electron chi connectivity index (χ3n) is 4.87. The van der Waals surface area contributed by atoms with Crippen LogP contribution in [0.15, 0.2) is 48.5 Å². The lowest BCUT2D eigenvalue weighted by Gasteiger charge is -2.08. The summed E-state index contributed by atoms with van der Waals surface area (Å²) in [5.41, 5.74) is 4.12. The molecule has 2 aromatic carbocycles. The lowest BCUT2D eigenvalue weighted by atomic mass is 10.0. The minimum Gasteiger partial charge on any atom is -0.497 e. The van der Waals surface area contributed by atoms with E-state index in [1.54, 1.807) is 14.2 Å². The maximum absolute atomic E-state index is 12.3. The van der Waals surface area contributed by atoms with E-state index in [1.807, 2.05) is 42.5 Å². The first-order valence-electron chi connectivity index (χ1n) is 9.88. The van der Waals surface area contributed by atoms with Crippen LogP contribution in [0.4, 0.5) is 0 Å². The number of hydrogen-bond acceptors (Lipinski definition) is 4. The molecule has 30 heavy (non-hydrogen) atoms. The number of amides is 2. The Bertz CT molecular complexity index is 995. The van der Waals surface area contributed by atoms with E-state index >= 15 is 0 Å². The SMILES string of the molecule is COCCNC(=O)CNC(=O)CCc1c(-c2ccc(OC)cc2)[nH]c2ccccc12. The molecule has 0 saturated carbocycles. The summed E-state index contributed by atoms with van der Waals surface area (Å²) in [5, 5.41) is 6.45. The highest BCUT2D eigenvalue weighted by molar-refractivity contribution is 5.91. The number of aromatic amines is 1. The van der Waals surface area contributed by atoms with Crippen molar-refractivity contribution >= 4 is 22.7 Å². The van der Waals surface area contributed by atoms with Crippen molar-refractivity contribution in [1.29, 1.82) is 0 Å². The average Bonchev–Trinajstić information content (AvgIpc) is 3.15. The molecule has 0 bridgehead atoms. The van der Waals surface area contributed by atoms with Crippen LogP contribution < -0.4 is 15.4 Å². The Morgan fingerprint density at radius 1 is 0.967 bits per heavy atom. The second-order valence-electron chi connectivity index (χ2n) is 6.87. The number of nitrogens with one attached hydrogen (secondary N) is 3. The fourth-order valence-corrected chi connectivity index (χ4v) is 3.32. The molecular weight excluding hydrogens is 382 g/mol. The molecule has 0 unspecified atom stereocenters. The van der Waals surface area contributed by atoms with Crippen LogP contribution in [-0.2, 0) is 20.7 Å². The number of aryl methyl sites for hydroxylation is 1. The molecule has 1 aromatic heterocycles. The van der Waals surface area contributed by atoms with Crippen molar-refractivity contribution in [3.8, 4) is 17.0 Å². The highest BCUT2D eigenvalue weighted by atomic mass is 16.5. The summed E-state index contributed by atoms with van der Waals surface area (Å²) in [6.07, 6.45) is 0.846. The molecule has 2 amide bonds. The van der Waals surface area contributed by atoms with E-state index in [9.17, 15) is 9.59 Å². The summed E-state index contributed by atoms with van der Waals surface area (Å²) in [4.78, 5) is 27.5. The summed E-state index contributed by atoms with van der Waals surface area (Å²) >= 11 is 0. The van der Waals surface area contributed by atoms with Gasteiger partial charge in [-0.2, -0.15) is 0 Å². The van der Waals surface area contributed by atoms with Crippen molar-refractivity contribution in [3.05, 3.63) is 54.1 Å². The Morgan fingerprint density at radius 3 is 2.47 bits per heavy atom. The van der Waals surface area contributed by atoms with Crippen LogP contribution in [0.1, 0.15) is 12.0 Å². The summed E-state index contributed by atoms with van der Waals surface area (Å²) in [5.74, 6) is 0.397. The van der Waals surface area contributed by atoms with E-state index in [1.165, 1.54) is 0 Å². The molecule has 0 radical (unpaired) electrons. The summed E-state index contributed by atoms with van der Waals surface area (Å²) in [6, 6.07) is 15.9. The number of carbonyl (C=O) groups excluding carboxylic acids is 2. The van der Waals surface area contributed by atoms with Gasteiger partial charge in [0.25, 0.3) is 0 Å². The zero-order valence-corrected chi connectivity index (χ0v) is 17.3. The van der Waals surface area contributed by atoms with Gasteiger partial charge in [0, 0.05) is 36.7 Å². The minimum absolute atomic E-state index is 0.0399. The van der Waals surface area contributed by atoms with E-state index in [0.717, 1.165) is 33.5 Å². The Kier molecular flexibility index (Phi) is 7.45. The number of rotatable bonds is 10. The lowest BCUT2D eigenvalue weighted by Crippen LogP contribution is -2.38. The molecule has 3 N–H and O–H groups in total. The number of benzene rings is 2. The number of aromatic nitrogens is 1. The monoisotopic (exact) mass is 409 g/mol. The quantitative estimate of drug-likeness (QED) is 0.449. The smallest absolute Gasteiger partial charge is 0.239 e. The molecule has 158 valence electrons. The highest BCUT2D eigenvalue weighted by Gasteiger charge is 2.15. The van der Waals surface area contributed by atoms with Crippen molar-refractivity contribution in [2.45, 2.75) is 12.8 Å². The van der Waals surface area contributed by atoms with Gasteiger partial charge in [-0.05, 0) is 47.9 Å². The first-order valence-corrected chi connectivity index (χ1v) is 9.88. The summed E-state index contributed by atoms with van der Waals surface area (Å²) < 4.78 is 10.1. The number of para-hydroxylation sites is 1. The van der Waals surface area contributed by atoms with Gasteiger partial charge in [0.1, 0.15) is 5.75 Å². The van der Waals surface area contributed by atoms with Crippen LogP contribution in [0.3, 0.4) is 0 Å². The zero-order valence-electron chi connectivity index (χ0n) is 17.3. The second-order valence-corrected chi connectivity index (χ2v) is 6.87. The molecule has 3 aromatic rings. The van der Waals surface area contributed by atoms with Crippen LogP contribution in [0.25, 0.3) is 22.2 Å². The van der Waals surface area contributed by atoms with Crippen molar-refractivity contribution in [2.75, 3.05) is 33.9 Å². The van der Waals surface area contributed by atoms with Gasteiger partial charge in [0.15, 0.2) is 0 Å². The number of fused-ring (bicyclic) bond motifs is 1. The zero-order chi connectivity index (χ0) is 21.3. The summed E-state index contributed by atoms with van der Waals surface area (Å²) in [6.45, 7) is 0.821. The summed E-state index contributed by atoms with van der Waals surface area (Å²) in [7, 11) is 3.21. The standard InChI is InChI=1S/C23H27N3O4/c1-29-14-13-24-22(28)15-25-21(27)12-11-19-18-5-3-4-6-20(18)26-23(19)16-7-9-17(30-2)10-8-16/h3-10,26H,11-15H2,1-2H3,(H,24,28)(H,25,27). The van der Waals surface area contributed by atoms with Gasteiger partial charge >= 0.3 is 0 Å². The van der Waals surface area contributed by atoms with E-state index in [-0.39, 0.29) is 24.8 Å². The van der Waals surface area contributed by atoms with Gasteiger partial charge < -0.3 is 25.1 Å². The van der Waals surface area contributed by atoms with Crippen LogP contribution in [-0.4, -0.2) is 50.7 Å². The van der Waals surface area contributed by atoms with Gasteiger partial charge in [-0.15, -0.1) is 0 Å². The number of hydrogen-bond donors (Lipinski definition) is 3. The van der Waals surface area contributed by atoms with Crippen LogP contribution in [0.5, 0.6) is 5.75 Å². The van der Waals surface area contributed by atoms with Crippen LogP contribution in [0, 0.1) is 0 Å². The molecule has 3 rings (SSSR count). The Morgan fingerprint density at radius 2 is 1.73 bits per heavy atom. The first kappa shape index (κ1) is 21.4. The van der Waals surface area contributed by atoms with E-state index < -0.39 is 0 Å². The van der Waals surface area contributed by atoms with Crippen molar-refractivity contribution < 1.29 is 19.1 Å². The van der Waals surface area contributed by atoms with Crippen LogP contribution in [0.2, 0.25) is 0 Å². The highest BCUT2D eigenvalue weighted by Crippen LogP contribution is 2.32. The molecule has 0 atom stereocenters. The molecule has 0 aliphatic carbocycles. The van der Waals surface area contributed by atoms with Gasteiger partial charge in [-0.3, -0.25) is 9.59 Å². The molecule has 0 fully saturated rings. The van der Waals surface area contributed by atoms with Crippen molar-refractivity contribution in [1.82, 2.24) is 15.6 Å². The third kappa shape index (κ3) is 5.39. The third-order valence-corrected chi connectivity index (χ3v) is 4.87. The fourth-order valence-electron chi connectivity index (χ4n) is 3.32. The molecular formula is C23H27N3O4. The number of carbonyl (C=O) groups is 2. The Labute approximate surface area is 175 Å². The lowest BCUT2D eigenvalue weighted by molar-refractivity contribution is -0.126. The van der Waals surface area contributed by atoms with Gasteiger partial charge in [0.05, 0.1) is 20.3 Å². The van der Waals surface area contributed by atoms with Crippen molar-refractivity contribution in [3.63, 3.8) is 0 Å². The van der Waals surface area contributed by atoms with E-state index in [0.29, 0.717) is 19.6 Å². The van der Waals surface area contributed by atoms with E-state index in [2.05, 4.69) is 21.7 Å². The van der Waals surface area contributed by atoms with Gasteiger partial charge in [0.2, 0.25) is 11.8 Å². The molecule has 0 spiro atoms. The molecule has 7 nitrogen and oxygen atoms in total.